The number of anilines is 2. The molecule has 244 valence electrons. The average Bonchev–Trinajstić information content (AvgIpc) is 3.71. The van der Waals surface area contributed by atoms with Crippen molar-refractivity contribution < 1.29 is 27.7 Å². The van der Waals surface area contributed by atoms with Crippen LogP contribution in [0.1, 0.15) is 37.6 Å². The lowest BCUT2D eigenvalue weighted by atomic mass is 9.96. The zero-order valence-electron chi connectivity index (χ0n) is 26.8. The molecule has 3 aromatic heterocycles. The van der Waals surface area contributed by atoms with E-state index in [0.717, 1.165) is 11.3 Å². The van der Waals surface area contributed by atoms with E-state index in [4.69, 9.17) is 34.0 Å². The number of nitrogens with zero attached hydrogens (tertiary/aromatic N) is 7. The maximum atomic E-state index is 15.3. The number of aromatic nitrogens is 6. The maximum Gasteiger partial charge on any atom is 0.226 e. The Morgan fingerprint density at radius 2 is 1.80 bits per heavy atom. The summed E-state index contributed by atoms with van der Waals surface area (Å²) in [6, 6.07) is 8.40. The van der Waals surface area contributed by atoms with Crippen molar-refractivity contribution >= 4 is 28.2 Å². The number of piperidine rings is 1. The summed E-state index contributed by atoms with van der Waals surface area (Å²) in [7, 11) is 6.24. The number of nitrogens with one attached hydrogen (secondary N) is 1. The van der Waals surface area contributed by atoms with Crippen LogP contribution in [0.5, 0.6) is 17.2 Å². The Kier molecular flexibility index (Phi) is 8.55. The minimum atomic E-state index is -1.11. The fourth-order valence-electron chi connectivity index (χ4n) is 5.73. The molecule has 2 aromatic carbocycles. The fraction of sp³-hybridized carbons (Fsp3) is 0.438. The van der Waals surface area contributed by atoms with Gasteiger partial charge in [-0.2, -0.15) is 9.61 Å². The molecule has 46 heavy (non-hydrogen) atoms. The molecule has 5 aromatic rings. The van der Waals surface area contributed by atoms with Crippen molar-refractivity contribution in [3.63, 3.8) is 0 Å². The highest BCUT2D eigenvalue weighted by Gasteiger charge is 2.32. The lowest BCUT2D eigenvalue weighted by Crippen LogP contribution is -2.41. The van der Waals surface area contributed by atoms with Crippen LogP contribution in [0.4, 0.5) is 20.4 Å². The van der Waals surface area contributed by atoms with Gasteiger partial charge in [-0.25, -0.2) is 18.7 Å². The van der Waals surface area contributed by atoms with Crippen LogP contribution < -0.4 is 24.4 Å². The maximum absolute atomic E-state index is 15.3. The number of alkyl halides is 1. The van der Waals surface area contributed by atoms with Gasteiger partial charge in [0.15, 0.2) is 23.0 Å². The van der Waals surface area contributed by atoms with Gasteiger partial charge in [0.2, 0.25) is 5.95 Å². The highest BCUT2D eigenvalue weighted by atomic mass is 19.1. The van der Waals surface area contributed by atoms with Crippen molar-refractivity contribution in [2.75, 3.05) is 51.7 Å². The average molecular weight is 637 g/mol. The first-order valence-electron chi connectivity index (χ1n) is 15.0. The summed E-state index contributed by atoms with van der Waals surface area (Å²) >= 11 is 0. The lowest BCUT2D eigenvalue weighted by Gasteiger charge is -2.34. The van der Waals surface area contributed by atoms with E-state index in [1.807, 2.05) is 37.1 Å². The summed E-state index contributed by atoms with van der Waals surface area (Å²) < 4.78 is 55.2. The van der Waals surface area contributed by atoms with Crippen LogP contribution in [-0.4, -0.2) is 82.7 Å². The summed E-state index contributed by atoms with van der Waals surface area (Å²) in [5.74, 6) is 1.29. The second-order valence-corrected chi connectivity index (χ2v) is 12.0. The van der Waals surface area contributed by atoms with Crippen LogP contribution in [0.25, 0.3) is 16.6 Å². The second-order valence-electron chi connectivity index (χ2n) is 12.0. The van der Waals surface area contributed by atoms with Gasteiger partial charge in [0.05, 0.1) is 50.9 Å². The highest BCUT2D eigenvalue weighted by molar-refractivity contribution is 5.93. The molecule has 2 unspecified atom stereocenters. The molecule has 1 aliphatic rings. The first-order valence-corrected chi connectivity index (χ1v) is 15.0. The summed E-state index contributed by atoms with van der Waals surface area (Å²) in [6.07, 6.45) is 2.77. The molecular weight excluding hydrogens is 598 g/mol. The zero-order chi connectivity index (χ0) is 32.6. The Morgan fingerprint density at radius 1 is 1.00 bits per heavy atom. The van der Waals surface area contributed by atoms with Gasteiger partial charge in [0, 0.05) is 61.9 Å². The van der Waals surface area contributed by atoms with E-state index < -0.39 is 17.6 Å². The van der Waals surface area contributed by atoms with E-state index in [-0.39, 0.29) is 24.6 Å². The van der Waals surface area contributed by atoms with E-state index >= 15 is 4.39 Å². The Hall–Kier alpha value is -4.72. The molecule has 6 rings (SSSR count). The van der Waals surface area contributed by atoms with Gasteiger partial charge in [0.1, 0.15) is 17.7 Å². The molecule has 1 N–H and O–H groups in total. The smallest absolute Gasteiger partial charge is 0.226 e. The number of ether oxygens (including phenoxy) is 4. The number of halogens is 2. The van der Waals surface area contributed by atoms with E-state index in [1.54, 1.807) is 42.8 Å². The van der Waals surface area contributed by atoms with Crippen LogP contribution >= 0.6 is 0 Å². The number of fused-ring (bicyclic) bond motifs is 3. The van der Waals surface area contributed by atoms with E-state index in [9.17, 15) is 4.39 Å². The molecule has 14 heteroatoms. The third-order valence-corrected chi connectivity index (χ3v) is 8.34. The Morgan fingerprint density at radius 3 is 2.54 bits per heavy atom. The number of benzene rings is 2. The predicted octanol–water partition coefficient (Wildman–Crippen LogP) is 5.01. The summed E-state index contributed by atoms with van der Waals surface area (Å²) in [5.41, 5.74) is 2.12. The van der Waals surface area contributed by atoms with Crippen molar-refractivity contribution in [1.82, 2.24) is 29.4 Å². The van der Waals surface area contributed by atoms with Crippen LogP contribution in [0.3, 0.4) is 0 Å². The van der Waals surface area contributed by atoms with Gasteiger partial charge >= 0.3 is 0 Å². The first-order chi connectivity index (χ1) is 22.1. The standard InChI is InChI=1S/C32H38F2N8O4/c1-32(2,46-6)18-41-17-22(14-36-41)40-15-20(9-21(33)16-40)29-38-30-24-11-25(34)28(45-5)12-26(24)37-31(42(30)39-29)35-13-19-7-8-23(43-3)10-27(19)44-4/h7-8,10-12,14,17,20-21H,9,13,15-16,18H2,1-6H3,(H,35,37). The number of methoxy groups -OCH3 is 4. The van der Waals surface area contributed by atoms with Crippen molar-refractivity contribution in [1.29, 1.82) is 0 Å². The molecule has 1 fully saturated rings. The van der Waals surface area contributed by atoms with Crippen molar-refractivity contribution in [2.45, 2.75) is 51.0 Å². The third-order valence-electron chi connectivity index (χ3n) is 8.34. The van der Waals surface area contributed by atoms with Crippen LogP contribution in [-0.2, 0) is 17.8 Å². The Labute approximate surface area is 265 Å². The van der Waals surface area contributed by atoms with E-state index in [1.165, 1.54) is 19.2 Å². The molecular formula is C32H38F2N8O4. The summed E-state index contributed by atoms with van der Waals surface area (Å²) in [6.45, 7) is 5.56. The Balaban J connectivity index is 1.35. The molecule has 1 saturated heterocycles. The molecule has 2 atom stereocenters. The van der Waals surface area contributed by atoms with Gasteiger partial charge in [0.25, 0.3) is 0 Å². The minimum absolute atomic E-state index is 0.0597. The summed E-state index contributed by atoms with van der Waals surface area (Å²) in [5, 5.41) is 13.1. The highest BCUT2D eigenvalue weighted by Crippen LogP contribution is 2.33. The largest absolute Gasteiger partial charge is 0.497 e. The molecule has 4 heterocycles. The molecule has 1 aliphatic heterocycles. The van der Waals surface area contributed by atoms with Crippen molar-refractivity contribution in [3.8, 4) is 17.2 Å². The molecule has 0 radical (unpaired) electrons. The molecule has 0 aliphatic carbocycles. The first kappa shape index (κ1) is 31.3. The number of rotatable bonds is 11. The zero-order valence-corrected chi connectivity index (χ0v) is 26.8. The molecule has 12 nitrogen and oxygen atoms in total. The Bertz CT molecular complexity index is 1860. The predicted molar refractivity (Wildman–Crippen MR) is 169 cm³/mol. The second kappa shape index (κ2) is 12.6. The van der Waals surface area contributed by atoms with Gasteiger partial charge in [-0.1, -0.05) is 0 Å². The van der Waals surface area contributed by atoms with Gasteiger partial charge in [-0.3, -0.25) is 4.68 Å². The van der Waals surface area contributed by atoms with E-state index in [2.05, 4.69) is 10.4 Å². The quantitative estimate of drug-likeness (QED) is 0.212. The van der Waals surface area contributed by atoms with Gasteiger partial charge in [-0.15, -0.1) is 5.10 Å². The SMILES string of the molecule is COc1ccc(CNc2nc3cc(OC)c(F)cc3c3nc(C4CC(F)CN(c5cnn(CC(C)(C)OC)c5)C4)nn23)c(OC)c1. The van der Waals surface area contributed by atoms with Gasteiger partial charge < -0.3 is 29.2 Å². The number of hydrogen-bond acceptors (Lipinski definition) is 10. The molecule has 0 bridgehead atoms. The van der Waals surface area contributed by atoms with Crippen LogP contribution in [0.2, 0.25) is 0 Å². The molecule has 0 amide bonds. The normalized spacial score (nSPS) is 17.1. The lowest BCUT2D eigenvalue weighted by molar-refractivity contribution is 0.00542. The topological polar surface area (TPSA) is 113 Å². The van der Waals surface area contributed by atoms with Gasteiger partial charge in [-0.05, 0) is 38.5 Å². The molecule has 0 spiro atoms. The fourth-order valence-corrected chi connectivity index (χ4v) is 5.73. The van der Waals surface area contributed by atoms with Crippen LogP contribution in [0.15, 0.2) is 42.7 Å². The monoisotopic (exact) mass is 636 g/mol. The molecule has 0 saturated carbocycles. The minimum Gasteiger partial charge on any atom is -0.497 e. The summed E-state index contributed by atoms with van der Waals surface area (Å²) in [4.78, 5) is 11.6. The third kappa shape index (κ3) is 6.21. The van der Waals surface area contributed by atoms with Crippen molar-refractivity contribution in [3.05, 3.63) is 59.9 Å². The van der Waals surface area contributed by atoms with Crippen LogP contribution in [0, 0.1) is 5.82 Å². The van der Waals surface area contributed by atoms with E-state index in [0.29, 0.717) is 59.5 Å². The van der Waals surface area contributed by atoms with Crippen molar-refractivity contribution in [2.24, 2.45) is 0 Å². The number of hydrogen-bond donors (Lipinski definition) is 1.